The van der Waals surface area contributed by atoms with E-state index in [4.69, 9.17) is 9.47 Å². The molecule has 2 N–H and O–H groups in total. The number of methoxy groups -OCH3 is 1. The maximum Gasteiger partial charge on any atom is 0.124 e. The molecule has 1 aromatic rings. The second kappa shape index (κ2) is 5.38. The maximum atomic E-state index is 9.25. The minimum Gasteiger partial charge on any atom is -0.496 e. The zero-order valence-corrected chi connectivity index (χ0v) is 10.3. The Bertz CT molecular complexity index is 381. The molecule has 0 spiro atoms. The van der Waals surface area contributed by atoms with Gasteiger partial charge in [0.05, 0.1) is 25.9 Å². The van der Waals surface area contributed by atoms with Gasteiger partial charge >= 0.3 is 0 Å². The molecule has 2 atom stereocenters. The van der Waals surface area contributed by atoms with E-state index in [2.05, 4.69) is 12.2 Å². The molecule has 1 fully saturated rings. The summed E-state index contributed by atoms with van der Waals surface area (Å²) in [6, 6.07) is 6.09. The van der Waals surface area contributed by atoms with E-state index >= 15 is 0 Å². The summed E-state index contributed by atoms with van der Waals surface area (Å²) in [4.78, 5) is 0. The van der Waals surface area contributed by atoms with Crippen LogP contribution < -0.4 is 10.1 Å². The van der Waals surface area contributed by atoms with Crippen LogP contribution in [0, 0.1) is 0 Å². The van der Waals surface area contributed by atoms with E-state index in [1.807, 2.05) is 18.2 Å². The molecule has 0 aliphatic carbocycles. The van der Waals surface area contributed by atoms with Crippen molar-refractivity contribution in [3.05, 3.63) is 23.8 Å². The molecule has 1 heterocycles. The summed E-state index contributed by atoms with van der Waals surface area (Å²) in [6.45, 7) is 2.86. The Labute approximate surface area is 102 Å². The molecular formula is C13H19NO3. The van der Waals surface area contributed by atoms with Gasteiger partial charge in [-0.15, -0.1) is 0 Å². The first-order valence-corrected chi connectivity index (χ1v) is 5.90. The van der Waals surface area contributed by atoms with E-state index in [9.17, 15) is 5.11 Å². The third-order valence-corrected chi connectivity index (χ3v) is 3.18. The highest BCUT2D eigenvalue weighted by Crippen LogP contribution is 2.25. The summed E-state index contributed by atoms with van der Waals surface area (Å²) < 4.78 is 10.7. The first-order valence-electron chi connectivity index (χ1n) is 5.90. The summed E-state index contributed by atoms with van der Waals surface area (Å²) in [5.74, 6) is 0.716. The number of rotatable bonds is 4. The van der Waals surface area contributed by atoms with Gasteiger partial charge in [0, 0.05) is 17.9 Å². The van der Waals surface area contributed by atoms with E-state index in [0.717, 1.165) is 24.3 Å². The molecule has 2 rings (SSSR count). The van der Waals surface area contributed by atoms with Crippen LogP contribution in [-0.2, 0) is 11.3 Å². The standard InChI is InChI=1S/C13H19NO3/c1-9-12(5-6-17-9)14-11-3-4-13(16-2)10(7-11)8-15/h3-4,7,9,12,14-15H,5-6,8H2,1-2H3. The topological polar surface area (TPSA) is 50.7 Å². The average molecular weight is 237 g/mol. The molecule has 4 heteroatoms. The second-order valence-corrected chi connectivity index (χ2v) is 4.30. The van der Waals surface area contributed by atoms with E-state index in [1.54, 1.807) is 7.11 Å². The number of anilines is 1. The molecule has 0 bridgehead atoms. The van der Waals surface area contributed by atoms with Crippen molar-refractivity contribution in [2.75, 3.05) is 19.0 Å². The normalized spacial score (nSPS) is 23.7. The largest absolute Gasteiger partial charge is 0.496 e. The monoisotopic (exact) mass is 237 g/mol. The lowest BCUT2D eigenvalue weighted by atomic mass is 10.1. The fourth-order valence-electron chi connectivity index (χ4n) is 2.13. The van der Waals surface area contributed by atoms with Gasteiger partial charge in [0.15, 0.2) is 0 Å². The minimum absolute atomic E-state index is 0.0184. The summed E-state index contributed by atoms with van der Waals surface area (Å²) in [5, 5.41) is 12.7. The molecule has 0 saturated carbocycles. The van der Waals surface area contributed by atoms with Crippen molar-refractivity contribution in [1.82, 2.24) is 0 Å². The van der Waals surface area contributed by atoms with E-state index < -0.39 is 0 Å². The van der Waals surface area contributed by atoms with Crippen molar-refractivity contribution in [1.29, 1.82) is 0 Å². The van der Waals surface area contributed by atoms with Crippen molar-refractivity contribution in [3.8, 4) is 5.75 Å². The Hall–Kier alpha value is -1.26. The first-order chi connectivity index (χ1) is 8.24. The molecule has 1 saturated heterocycles. The van der Waals surface area contributed by atoms with Crippen molar-refractivity contribution >= 4 is 5.69 Å². The lowest BCUT2D eigenvalue weighted by Crippen LogP contribution is -2.26. The molecule has 1 aromatic carbocycles. The Balaban J connectivity index is 2.10. The van der Waals surface area contributed by atoms with E-state index in [1.165, 1.54) is 0 Å². The van der Waals surface area contributed by atoms with Crippen LogP contribution in [0.5, 0.6) is 5.75 Å². The number of benzene rings is 1. The van der Waals surface area contributed by atoms with Gasteiger partial charge in [-0.2, -0.15) is 0 Å². The highest BCUT2D eigenvalue weighted by atomic mass is 16.5. The van der Waals surface area contributed by atoms with Gasteiger partial charge in [-0.05, 0) is 31.5 Å². The zero-order valence-electron chi connectivity index (χ0n) is 10.3. The number of hydrogen-bond donors (Lipinski definition) is 2. The number of hydrogen-bond acceptors (Lipinski definition) is 4. The predicted molar refractivity (Wildman–Crippen MR) is 66.4 cm³/mol. The minimum atomic E-state index is -0.0184. The van der Waals surface area contributed by atoms with Gasteiger partial charge in [0.25, 0.3) is 0 Å². The molecule has 0 radical (unpaired) electrons. The molecule has 1 aliphatic rings. The predicted octanol–water partition coefficient (Wildman–Crippen LogP) is 1.78. The summed E-state index contributed by atoms with van der Waals surface area (Å²) >= 11 is 0. The number of aliphatic hydroxyl groups is 1. The number of aliphatic hydroxyl groups excluding tert-OH is 1. The van der Waals surface area contributed by atoms with Gasteiger partial charge < -0.3 is 19.9 Å². The highest BCUT2D eigenvalue weighted by molar-refractivity contribution is 5.51. The second-order valence-electron chi connectivity index (χ2n) is 4.30. The van der Waals surface area contributed by atoms with Crippen LogP contribution in [0.1, 0.15) is 18.9 Å². The van der Waals surface area contributed by atoms with Crippen LogP contribution in [-0.4, -0.2) is 31.0 Å². The van der Waals surface area contributed by atoms with Gasteiger partial charge in [-0.25, -0.2) is 0 Å². The van der Waals surface area contributed by atoms with Gasteiger partial charge in [-0.3, -0.25) is 0 Å². The van der Waals surface area contributed by atoms with Gasteiger partial charge in [-0.1, -0.05) is 0 Å². The van der Waals surface area contributed by atoms with Crippen LogP contribution >= 0.6 is 0 Å². The SMILES string of the molecule is COc1ccc(NC2CCOC2C)cc1CO. The van der Waals surface area contributed by atoms with Crippen LogP contribution in [0.4, 0.5) is 5.69 Å². The quantitative estimate of drug-likeness (QED) is 0.838. The molecule has 0 amide bonds. The Kier molecular flexibility index (Phi) is 3.86. The zero-order chi connectivity index (χ0) is 12.3. The summed E-state index contributed by atoms with van der Waals surface area (Å²) in [5.41, 5.74) is 1.79. The fraction of sp³-hybridized carbons (Fsp3) is 0.538. The highest BCUT2D eigenvalue weighted by Gasteiger charge is 2.23. The molecule has 2 unspecified atom stereocenters. The fourth-order valence-corrected chi connectivity index (χ4v) is 2.13. The van der Waals surface area contributed by atoms with E-state index in [-0.39, 0.29) is 12.7 Å². The Morgan fingerprint density at radius 1 is 1.53 bits per heavy atom. The van der Waals surface area contributed by atoms with Crippen LogP contribution in [0.15, 0.2) is 18.2 Å². The van der Waals surface area contributed by atoms with Crippen molar-refractivity contribution < 1.29 is 14.6 Å². The molecule has 17 heavy (non-hydrogen) atoms. The number of nitrogens with one attached hydrogen (secondary N) is 1. The Morgan fingerprint density at radius 3 is 2.94 bits per heavy atom. The first kappa shape index (κ1) is 12.2. The van der Waals surface area contributed by atoms with Crippen LogP contribution in [0.25, 0.3) is 0 Å². The van der Waals surface area contributed by atoms with Gasteiger partial charge in [0.1, 0.15) is 5.75 Å². The van der Waals surface area contributed by atoms with Crippen molar-refractivity contribution in [3.63, 3.8) is 0 Å². The smallest absolute Gasteiger partial charge is 0.124 e. The summed E-state index contributed by atoms with van der Waals surface area (Å²) in [6.07, 6.45) is 1.25. The maximum absolute atomic E-state index is 9.25. The molecule has 4 nitrogen and oxygen atoms in total. The van der Waals surface area contributed by atoms with Gasteiger partial charge in [0.2, 0.25) is 0 Å². The summed E-state index contributed by atoms with van der Waals surface area (Å²) in [7, 11) is 1.61. The molecule has 0 aromatic heterocycles. The number of ether oxygens (including phenoxy) is 2. The lowest BCUT2D eigenvalue weighted by molar-refractivity contribution is 0.121. The lowest BCUT2D eigenvalue weighted by Gasteiger charge is -2.18. The van der Waals surface area contributed by atoms with Crippen molar-refractivity contribution in [2.24, 2.45) is 0 Å². The average Bonchev–Trinajstić information content (AvgIpc) is 2.75. The van der Waals surface area contributed by atoms with E-state index in [0.29, 0.717) is 11.8 Å². The third kappa shape index (κ3) is 2.70. The molecule has 1 aliphatic heterocycles. The molecule has 94 valence electrons. The Morgan fingerprint density at radius 2 is 2.35 bits per heavy atom. The third-order valence-electron chi connectivity index (χ3n) is 3.18. The van der Waals surface area contributed by atoms with Crippen LogP contribution in [0.3, 0.4) is 0 Å². The van der Waals surface area contributed by atoms with Crippen LogP contribution in [0.2, 0.25) is 0 Å². The molecular weight excluding hydrogens is 218 g/mol. The van der Waals surface area contributed by atoms with Crippen molar-refractivity contribution in [2.45, 2.75) is 32.1 Å².